The molecule has 1 amide bonds. The van der Waals surface area contributed by atoms with E-state index in [-0.39, 0.29) is 5.91 Å². The summed E-state index contributed by atoms with van der Waals surface area (Å²) in [5.41, 5.74) is 4.14. The van der Waals surface area contributed by atoms with Crippen molar-refractivity contribution in [1.82, 2.24) is 19.9 Å². The quantitative estimate of drug-likeness (QED) is 0.874. The van der Waals surface area contributed by atoms with Crippen LogP contribution in [0.15, 0.2) is 30.9 Å². The van der Waals surface area contributed by atoms with Gasteiger partial charge < -0.3 is 4.90 Å². The normalized spacial score (nSPS) is 18.0. The zero-order valence-electron chi connectivity index (χ0n) is 13.7. The number of piperidine rings is 1. The number of pyridine rings is 1. The molecule has 5 nitrogen and oxygen atoms in total. The Morgan fingerprint density at radius 1 is 1.26 bits per heavy atom. The Balaban J connectivity index is 1.88. The zero-order chi connectivity index (χ0) is 16.2. The summed E-state index contributed by atoms with van der Waals surface area (Å²) in [4.78, 5) is 26.9. The predicted molar refractivity (Wildman–Crippen MR) is 88.8 cm³/mol. The van der Waals surface area contributed by atoms with Crippen molar-refractivity contribution in [2.45, 2.75) is 39.0 Å². The van der Waals surface area contributed by atoms with Crippen LogP contribution in [0.25, 0.3) is 11.1 Å². The first-order valence-electron chi connectivity index (χ1n) is 8.19. The third kappa shape index (κ3) is 3.55. The summed E-state index contributed by atoms with van der Waals surface area (Å²) in [6.07, 6.45) is 7.86. The Bertz CT molecular complexity index is 687. The molecule has 1 aliphatic rings. The molecule has 0 aromatic carbocycles. The SMILES string of the molecule is CCC(=O)N1CCCC(c2cc(-c3cncnc3)cc(C)n2)C1. The molecule has 0 aliphatic carbocycles. The highest BCUT2D eigenvalue weighted by Crippen LogP contribution is 2.29. The summed E-state index contributed by atoms with van der Waals surface area (Å²) in [5, 5.41) is 0. The van der Waals surface area contributed by atoms with Gasteiger partial charge in [0.2, 0.25) is 5.91 Å². The maximum absolute atomic E-state index is 12.0. The van der Waals surface area contributed by atoms with Crippen molar-refractivity contribution in [2.75, 3.05) is 13.1 Å². The maximum Gasteiger partial charge on any atom is 0.222 e. The number of rotatable bonds is 3. The summed E-state index contributed by atoms with van der Waals surface area (Å²) in [6, 6.07) is 4.18. The molecular formula is C18H22N4O. The number of carbonyl (C=O) groups is 1. The van der Waals surface area contributed by atoms with Gasteiger partial charge in [0.05, 0.1) is 0 Å². The zero-order valence-corrected chi connectivity index (χ0v) is 13.7. The third-order valence-electron chi connectivity index (χ3n) is 4.36. The molecule has 0 spiro atoms. The number of aryl methyl sites for hydroxylation is 1. The van der Waals surface area contributed by atoms with Gasteiger partial charge in [0, 0.05) is 54.8 Å². The van der Waals surface area contributed by atoms with E-state index in [1.165, 1.54) is 6.33 Å². The van der Waals surface area contributed by atoms with Crippen LogP contribution < -0.4 is 0 Å². The number of hydrogen-bond acceptors (Lipinski definition) is 4. The maximum atomic E-state index is 12.0. The minimum absolute atomic E-state index is 0.235. The molecule has 0 radical (unpaired) electrons. The van der Waals surface area contributed by atoms with Gasteiger partial charge in [0.25, 0.3) is 0 Å². The predicted octanol–water partition coefficient (Wildman–Crippen LogP) is 2.96. The highest BCUT2D eigenvalue weighted by atomic mass is 16.2. The Morgan fingerprint density at radius 2 is 2.04 bits per heavy atom. The molecule has 2 aromatic rings. The van der Waals surface area contributed by atoms with E-state index < -0.39 is 0 Å². The average Bonchev–Trinajstić information content (AvgIpc) is 2.61. The Hall–Kier alpha value is -2.30. The second-order valence-corrected chi connectivity index (χ2v) is 6.08. The molecule has 2 aromatic heterocycles. The van der Waals surface area contributed by atoms with Crippen LogP contribution in [0, 0.1) is 6.92 Å². The fraction of sp³-hybridized carbons (Fsp3) is 0.444. The number of amides is 1. The number of hydrogen-bond donors (Lipinski definition) is 0. The van der Waals surface area contributed by atoms with Crippen molar-refractivity contribution >= 4 is 5.91 Å². The van der Waals surface area contributed by atoms with E-state index in [4.69, 9.17) is 4.98 Å². The van der Waals surface area contributed by atoms with Gasteiger partial charge in [0.15, 0.2) is 0 Å². The van der Waals surface area contributed by atoms with Crippen molar-refractivity contribution in [1.29, 1.82) is 0 Å². The highest BCUT2D eigenvalue weighted by molar-refractivity contribution is 5.76. The Kier molecular flexibility index (Phi) is 4.65. The van der Waals surface area contributed by atoms with Gasteiger partial charge >= 0.3 is 0 Å². The van der Waals surface area contributed by atoms with Gasteiger partial charge in [-0.15, -0.1) is 0 Å². The first kappa shape index (κ1) is 15.6. The van der Waals surface area contributed by atoms with E-state index in [0.29, 0.717) is 12.3 Å². The van der Waals surface area contributed by atoms with Crippen molar-refractivity contribution in [3.05, 3.63) is 42.2 Å². The molecule has 1 fully saturated rings. The van der Waals surface area contributed by atoms with Crippen molar-refractivity contribution < 1.29 is 4.79 Å². The van der Waals surface area contributed by atoms with Crippen LogP contribution in [0.5, 0.6) is 0 Å². The van der Waals surface area contributed by atoms with Crippen LogP contribution in [0.3, 0.4) is 0 Å². The Labute approximate surface area is 136 Å². The fourth-order valence-electron chi connectivity index (χ4n) is 3.19. The molecule has 1 saturated heterocycles. The van der Waals surface area contributed by atoms with Gasteiger partial charge in [-0.3, -0.25) is 9.78 Å². The van der Waals surface area contributed by atoms with Crippen LogP contribution in [0.1, 0.15) is 43.5 Å². The topological polar surface area (TPSA) is 59.0 Å². The summed E-state index contributed by atoms with van der Waals surface area (Å²) in [7, 11) is 0. The first-order chi connectivity index (χ1) is 11.2. The van der Waals surface area contributed by atoms with Gasteiger partial charge in [-0.2, -0.15) is 0 Å². The smallest absolute Gasteiger partial charge is 0.222 e. The lowest BCUT2D eigenvalue weighted by molar-refractivity contribution is -0.132. The second-order valence-electron chi connectivity index (χ2n) is 6.08. The van der Waals surface area contributed by atoms with Crippen LogP contribution >= 0.6 is 0 Å². The summed E-state index contributed by atoms with van der Waals surface area (Å²) < 4.78 is 0. The minimum atomic E-state index is 0.235. The molecule has 1 atom stereocenters. The van der Waals surface area contributed by atoms with E-state index >= 15 is 0 Å². The van der Waals surface area contributed by atoms with Gasteiger partial charge in [-0.25, -0.2) is 9.97 Å². The van der Waals surface area contributed by atoms with Crippen LogP contribution in [-0.2, 0) is 4.79 Å². The molecule has 23 heavy (non-hydrogen) atoms. The largest absolute Gasteiger partial charge is 0.342 e. The van der Waals surface area contributed by atoms with E-state index in [9.17, 15) is 4.79 Å². The van der Waals surface area contributed by atoms with Gasteiger partial charge in [0.1, 0.15) is 6.33 Å². The van der Waals surface area contributed by atoms with E-state index in [1.54, 1.807) is 0 Å². The number of nitrogens with zero attached hydrogens (tertiary/aromatic N) is 4. The number of carbonyl (C=O) groups excluding carboxylic acids is 1. The molecule has 5 heteroatoms. The van der Waals surface area contributed by atoms with E-state index in [2.05, 4.69) is 22.1 Å². The van der Waals surface area contributed by atoms with Gasteiger partial charge in [-0.05, 0) is 37.5 Å². The monoisotopic (exact) mass is 310 g/mol. The molecule has 3 heterocycles. The second kappa shape index (κ2) is 6.86. The molecule has 0 saturated carbocycles. The Morgan fingerprint density at radius 3 is 2.78 bits per heavy atom. The lowest BCUT2D eigenvalue weighted by Crippen LogP contribution is -2.38. The average molecular weight is 310 g/mol. The molecule has 3 rings (SSSR count). The molecule has 0 N–H and O–H groups in total. The van der Waals surface area contributed by atoms with Crippen molar-refractivity contribution in [2.24, 2.45) is 0 Å². The van der Waals surface area contributed by atoms with E-state index in [0.717, 1.165) is 48.4 Å². The van der Waals surface area contributed by atoms with Crippen LogP contribution in [0.4, 0.5) is 0 Å². The lowest BCUT2D eigenvalue weighted by atomic mass is 9.92. The molecule has 1 aliphatic heterocycles. The molecular weight excluding hydrogens is 288 g/mol. The van der Waals surface area contributed by atoms with Crippen LogP contribution in [0.2, 0.25) is 0 Å². The standard InChI is InChI=1S/C18H22N4O/c1-3-18(23)22-6-4-5-14(11-22)17-8-15(7-13(2)21-17)16-9-19-12-20-10-16/h7-10,12,14H,3-6,11H2,1-2H3. The first-order valence-corrected chi connectivity index (χ1v) is 8.19. The van der Waals surface area contributed by atoms with Crippen LogP contribution in [-0.4, -0.2) is 38.8 Å². The van der Waals surface area contributed by atoms with Crippen molar-refractivity contribution in [3.63, 3.8) is 0 Å². The van der Waals surface area contributed by atoms with Crippen molar-refractivity contribution in [3.8, 4) is 11.1 Å². The summed E-state index contributed by atoms with van der Waals surface area (Å²) in [5.74, 6) is 0.543. The molecule has 120 valence electrons. The minimum Gasteiger partial charge on any atom is -0.342 e. The molecule has 0 bridgehead atoms. The van der Waals surface area contributed by atoms with E-state index in [1.807, 2.05) is 31.1 Å². The molecule has 1 unspecified atom stereocenters. The fourth-order valence-corrected chi connectivity index (χ4v) is 3.19. The van der Waals surface area contributed by atoms with Gasteiger partial charge in [-0.1, -0.05) is 6.92 Å². The summed E-state index contributed by atoms with van der Waals surface area (Å²) >= 11 is 0. The third-order valence-corrected chi connectivity index (χ3v) is 4.36. The summed E-state index contributed by atoms with van der Waals surface area (Å²) in [6.45, 7) is 5.57. The highest BCUT2D eigenvalue weighted by Gasteiger charge is 2.25. The number of likely N-dealkylation sites (tertiary alicyclic amines) is 1. The lowest BCUT2D eigenvalue weighted by Gasteiger charge is -2.32. The number of aromatic nitrogens is 3.